The van der Waals surface area contributed by atoms with E-state index in [4.69, 9.17) is 4.98 Å². The van der Waals surface area contributed by atoms with Gasteiger partial charge in [0.25, 0.3) is 5.56 Å². The van der Waals surface area contributed by atoms with Gasteiger partial charge in [-0.1, -0.05) is 20.8 Å². The molecule has 5 nitrogen and oxygen atoms in total. The van der Waals surface area contributed by atoms with Crippen molar-refractivity contribution >= 4 is 0 Å². The van der Waals surface area contributed by atoms with Crippen molar-refractivity contribution in [1.29, 1.82) is 0 Å². The molecule has 5 heteroatoms. The minimum atomic E-state index is -0.131. The van der Waals surface area contributed by atoms with E-state index in [1.807, 2.05) is 0 Å². The SMILES string of the molecule is Cn1cccc1CN1CCc2nc(C(C)(C)C)[nH]c(=O)c2C1. The largest absolute Gasteiger partial charge is 0.353 e. The molecule has 0 atom stereocenters. The molecule has 1 aliphatic heterocycles. The zero-order valence-corrected chi connectivity index (χ0v) is 13.8. The second-order valence-electron chi connectivity index (χ2n) is 7.16. The topological polar surface area (TPSA) is 53.9 Å². The number of H-pyrrole nitrogens is 1. The highest BCUT2D eigenvalue weighted by molar-refractivity contribution is 5.23. The Morgan fingerprint density at radius 3 is 2.77 bits per heavy atom. The van der Waals surface area contributed by atoms with Gasteiger partial charge in [-0.25, -0.2) is 4.98 Å². The maximum absolute atomic E-state index is 12.4. The van der Waals surface area contributed by atoms with Crippen LogP contribution in [0.1, 0.15) is 43.5 Å². The molecule has 0 aromatic carbocycles. The molecule has 22 heavy (non-hydrogen) atoms. The Morgan fingerprint density at radius 2 is 2.14 bits per heavy atom. The molecular weight excluding hydrogens is 276 g/mol. The summed E-state index contributed by atoms with van der Waals surface area (Å²) in [5.41, 5.74) is 2.95. The molecule has 0 saturated carbocycles. The van der Waals surface area contributed by atoms with Crippen LogP contribution in [-0.2, 0) is 32.0 Å². The lowest BCUT2D eigenvalue weighted by Crippen LogP contribution is -2.37. The zero-order valence-electron chi connectivity index (χ0n) is 13.8. The maximum Gasteiger partial charge on any atom is 0.255 e. The second-order valence-corrected chi connectivity index (χ2v) is 7.16. The van der Waals surface area contributed by atoms with E-state index in [-0.39, 0.29) is 11.0 Å². The van der Waals surface area contributed by atoms with Gasteiger partial charge in [-0.15, -0.1) is 0 Å². The number of aryl methyl sites for hydroxylation is 1. The summed E-state index contributed by atoms with van der Waals surface area (Å²) in [7, 11) is 2.05. The predicted molar refractivity (Wildman–Crippen MR) is 86.8 cm³/mol. The first-order valence-electron chi connectivity index (χ1n) is 7.80. The highest BCUT2D eigenvalue weighted by Crippen LogP contribution is 2.21. The third-order valence-electron chi connectivity index (χ3n) is 4.30. The van der Waals surface area contributed by atoms with Crippen molar-refractivity contribution in [2.45, 2.75) is 45.7 Å². The van der Waals surface area contributed by atoms with Gasteiger partial charge in [0.2, 0.25) is 0 Å². The molecular formula is C17H24N4O. The van der Waals surface area contributed by atoms with Crippen LogP contribution in [0.15, 0.2) is 23.1 Å². The fraction of sp³-hybridized carbons (Fsp3) is 0.529. The number of fused-ring (bicyclic) bond motifs is 1. The molecule has 2 aromatic heterocycles. The zero-order chi connectivity index (χ0) is 15.9. The molecule has 0 saturated heterocycles. The first-order valence-corrected chi connectivity index (χ1v) is 7.80. The quantitative estimate of drug-likeness (QED) is 0.922. The Hall–Kier alpha value is -1.88. The van der Waals surface area contributed by atoms with Crippen LogP contribution >= 0.6 is 0 Å². The molecule has 2 aromatic rings. The molecule has 3 rings (SSSR count). The summed E-state index contributed by atoms with van der Waals surface area (Å²) in [6, 6.07) is 4.18. The highest BCUT2D eigenvalue weighted by Gasteiger charge is 2.24. The lowest BCUT2D eigenvalue weighted by molar-refractivity contribution is 0.236. The van der Waals surface area contributed by atoms with Gasteiger partial charge in [0, 0.05) is 50.4 Å². The molecule has 0 amide bonds. The Morgan fingerprint density at radius 1 is 1.36 bits per heavy atom. The summed E-state index contributed by atoms with van der Waals surface area (Å²) in [6.07, 6.45) is 2.89. The third kappa shape index (κ3) is 2.86. The van der Waals surface area contributed by atoms with E-state index in [2.05, 4.69) is 60.6 Å². The van der Waals surface area contributed by atoms with E-state index in [1.165, 1.54) is 5.69 Å². The lowest BCUT2D eigenvalue weighted by Gasteiger charge is -2.29. The number of rotatable bonds is 2. The van der Waals surface area contributed by atoms with Crippen molar-refractivity contribution in [1.82, 2.24) is 19.4 Å². The van der Waals surface area contributed by atoms with E-state index in [0.29, 0.717) is 6.54 Å². The van der Waals surface area contributed by atoms with Gasteiger partial charge in [-0.3, -0.25) is 9.69 Å². The molecule has 3 heterocycles. The van der Waals surface area contributed by atoms with Crippen LogP contribution in [0.5, 0.6) is 0 Å². The number of nitrogens with one attached hydrogen (secondary N) is 1. The van der Waals surface area contributed by atoms with E-state index < -0.39 is 0 Å². The van der Waals surface area contributed by atoms with Crippen molar-refractivity contribution < 1.29 is 0 Å². The van der Waals surface area contributed by atoms with Crippen LogP contribution in [-0.4, -0.2) is 26.0 Å². The number of hydrogen-bond acceptors (Lipinski definition) is 3. The first-order chi connectivity index (χ1) is 10.3. The fourth-order valence-corrected chi connectivity index (χ4v) is 2.86. The molecule has 0 spiro atoms. The fourth-order valence-electron chi connectivity index (χ4n) is 2.86. The van der Waals surface area contributed by atoms with Crippen molar-refractivity contribution in [2.24, 2.45) is 7.05 Å². The van der Waals surface area contributed by atoms with Gasteiger partial charge in [0.05, 0.1) is 11.3 Å². The Kier molecular flexibility index (Phi) is 3.68. The van der Waals surface area contributed by atoms with Crippen LogP contribution in [0.4, 0.5) is 0 Å². The maximum atomic E-state index is 12.4. The number of hydrogen-bond donors (Lipinski definition) is 1. The second kappa shape index (κ2) is 5.39. The van der Waals surface area contributed by atoms with E-state index in [1.54, 1.807) is 0 Å². The van der Waals surface area contributed by atoms with Crippen LogP contribution in [0.3, 0.4) is 0 Å². The Balaban J connectivity index is 1.85. The summed E-state index contributed by atoms with van der Waals surface area (Å²) in [5.74, 6) is 0.784. The number of nitrogens with zero attached hydrogens (tertiary/aromatic N) is 3. The predicted octanol–water partition coefficient (Wildman–Crippen LogP) is 1.96. The van der Waals surface area contributed by atoms with Crippen LogP contribution < -0.4 is 5.56 Å². The molecule has 1 aliphatic rings. The molecule has 1 N–H and O–H groups in total. The number of aromatic nitrogens is 3. The van der Waals surface area contributed by atoms with Gasteiger partial charge in [0.1, 0.15) is 5.82 Å². The standard InChI is InChI=1S/C17H24N4O/c1-17(2,3)16-18-14-7-9-21(11-13(14)15(22)19-16)10-12-6-5-8-20(12)4/h5-6,8H,7,9-11H2,1-4H3,(H,18,19,22). The minimum absolute atomic E-state index is 0.0199. The van der Waals surface area contributed by atoms with Gasteiger partial charge < -0.3 is 9.55 Å². The lowest BCUT2D eigenvalue weighted by atomic mass is 9.95. The van der Waals surface area contributed by atoms with Gasteiger partial charge in [0.15, 0.2) is 0 Å². The molecule has 118 valence electrons. The molecule has 0 radical (unpaired) electrons. The normalized spacial score (nSPS) is 15.8. The average molecular weight is 300 g/mol. The minimum Gasteiger partial charge on any atom is -0.353 e. The Labute approximate surface area is 131 Å². The summed E-state index contributed by atoms with van der Waals surface area (Å²) < 4.78 is 2.13. The van der Waals surface area contributed by atoms with Gasteiger partial charge in [-0.2, -0.15) is 0 Å². The van der Waals surface area contributed by atoms with Crippen molar-refractivity contribution in [2.75, 3.05) is 6.54 Å². The average Bonchev–Trinajstić information content (AvgIpc) is 2.84. The highest BCUT2D eigenvalue weighted by atomic mass is 16.1. The molecule has 0 aliphatic carbocycles. The summed E-state index contributed by atoms with van der Waals surface area (Å²) in [6.45, 7) is 8.70. The number of aromatic amines is 1. The monoisotopic (exact) mass is 300 g/mol. The van der Waals surface area contributed by atoms with Gasteiger partial charge in [-0.05, 0) is 12.1 Å². The van der Waals surface area contributed by atoms with Crippen molar-refractivity contribution in [3.05, 3.63) is 51.5 Å². The first kappa shape index (κ1) is 15.0. The summed E-state index contributed by atoms with van der Waals surface area (Å²) >= 11 is 0. The van der Waals surface area contributed by atoms with Crippen LogP contribution in [0, 0.1) is 0 Å². The van der Waals surface area contributed by atoms with E-state index in [9.17, 15) is 4.79 Å². The third-order valence-corrected chi connectivity index (χ3v) is 4.30. The van der Waals surface area contributed by atoms with Crippen molar-refractivity contribution in [3.8, 4) is 0 Å². The molecule has 0 bridgehead atoms. The summed E-state index contributed by atoms with van der Waals surface area (Å²) in [5, 5.41) is 0. The molecule has 0 fully saturated rings. The smallest absolute Gasteiger partial charge is 0.255 e. The summed E-state index contributed by atoms with van der Waals surface area (Å²) in [4.78, 5) is 22.4. The van der Waals surface area contributed by atoms with E-state index in [0.717, 1.165) is 36.6 Å². The molecule has 0 unspecified atom stereocenters. The van der Waals surface area contributed by atoms with Crippen molar-refractivity contribution in [3.63, 3.8) is 0 Å². The Bertz CT molecular complexity index is 736. The van der Waals surface area contributed by atoms with E-state index >= 15 is 0 Å². The van der Waals surface area contributed by atoms with Crippen LogP contribution in [0.25, 0.3) is 0 Å². The van der Waals surface area contributed by atoms with Gasteiger partial charge >= 0.3 is 0 Å². The van der Waals surface area contributed by atoms with Crippen LogP contribution in [0.2, 0.25) is 0 Å².